The van der Waals surface area contributed by atoms with Crippen molar-refractivity contribution in [3.05, 3.63) is 21.1 Å². The van der Waals surface area contributed by atoms with E-state index < -0.39 is 14.7 Å². The van der Waals surface area contributed by atoms with E-state index in [0.717, 1.165) is 6.42 Å². The van der Waals surface area contributed by atoms with E-state index in [9.17, 15) is 0 Å². The maximum absolute atomic E-state index is 6.50. The molecule has 0 atom stereocenters. The third-order valence-electron chi connectivity index (χ3n) is 2.45. The van der Waals surface area contributed by atoms with E-state index in [4.69, 9.17) is 18.6 Å². The van der Waals surface area contributed by atoms with Gasteiger partial charge in [-0.2, -0.15) is 0 Å². The quantitative estimate of drug-likeness (QED) is 0.721. The summed E-state index contributed by atoms with van der Waals surface area (Å²) in [5, 5.41) is 0. The molecule has 0 aromatic carbocycles. The number of allylic oxidation sites excluding steroid dienone is 4. The van der Waals surface area contributed by atoms with Crippen molar-refractivity contribution in [3.63, 3.8) is 0 Å². The van der Waals surface area contributed by atoms with Gasteiger partial charge in [0.15, 0.2) is 0 Å². The molecule has 0 aromatic heterocycles. The van der Waals surface area contributed by atoms with Crippen molar-refractivity contribution in [2.45, 2.75) is 59.7 Å². The fraction of sp³-hybridized carbons (Fsp3) is 0.692. The van der Waals surface area contributed by atoms with Gasteiger partial charge in [-0.05, 0) is 0 Å². The maximum Gasteiger partial charge on any atom is 0.0135 e. The van der Waals surface area contributed by atoms with Crippen LogP contribution in [0.15, 0.2) is 21.1 Å². The Morgan fingerprint density at radius 2 is 1.67 bits per heavy atom. The van der Waals surface area contributed by atoms with Crippen molar-refractivity contribution in [3.8, 4) is 0 Å². The third kappa shape index (κ3) is 6.93. The van der Waals surface area contributed by atoms with E-state index >= 15 is 0 Å². The number of hydrogen-bond donors (Lipinski definition) is 1. The maximum atomic E-state index is 6.50. The molecule has 0 unspecified atom stereocenters. The van der Waals surface area contributed by atoms with Gasteiger partial charge in [0.1, 0.15) is 0 Å². The van der Waals surface area contributed by atoms with Crippen LogP contribution < -0.4 is 3.80 Å². The Labute approximate surface area is 127 Å². The zero-order chi connectivity index (χ0) is 14.6. The molecule has 0 saturated heterocycles. The Morgan fingerprint density at radius 3 is 1.94 bits per heavy atom. The van der Waals surface area contributed by atoms with Gasteiger partial charge in [-0.25, -0.2) is 0 Å². The summed E-state index contributed by atoms with van der Waals surface area (Å²) < 4.78 is 4.63. The van der Waals surface area contributed by atoms with Crippen molar-refractivity contribution >= 4 is 28.1 Å². The second kappa shape index (κ2) is 7.66. The molecular weight excluding hydrogens is 317 g/mol. The molecule has 0 saturated carbocycles. The van der Waals surface area contributed by atoms with Crippen LogP contribution in [0.2, 0.25) is 13.1 Å². The molecule has 1 N–H and O–H groups in total. The molecule has 0 fully saturated rings. The fourth-order valence-corrected chi connectivity index (χ4v) is 8.06. The molecule has 0 aliphatic heterocycles. The van der Waals surface area contributed by atoms with Crippen molar-refractivity contribution in [2.75, 3.05) is 0 Å². The summed E-state index contributed by atoms with van der Waals surface area (Å²) in [5.74, 6) is 0. The van der Waals surface area contributed by atoms with Gasteiger partial charge in [0.05, 0.1) is 0 Å². The van der Waals surface area contributed by atoms with Gasteiger partial charge in [-0.3, -0.25) is 0 Å². The van der Waals surface area contributed by atoms with Crippen LogP contribution in [0.1, 0.15) is 41.0 Å². The molecule has 1 nitrogen and oxygen atoms in total. The molecule has 0 amide bonds. The first-order chi connectivity index (χ1) is 8.03. The normalized spacial score (nSPS) is 16.4. The molecular formula is C13H27Cl2NSiTi. The molecule has 0 heterocycles. The van der Waals surface area contributed by atoms with E-state index in [1.807, 2.05) is 0 Å². The van der Waals surface area contributed by atoms with Crippen LogP contribution in [0.5, 0.6) is 0 Å². The fourth-order valence-electron chi connectivity index (χ4n) is 1.61. The Kier molecular flexibility index (Phi) is 8.06. The number of hydrogen-bond acceptors (Lipinski definition) is 1. The monoisotopic (exact) mass is 343 g/mol. The van der Waals surface area contributed by atoms with E-state index in [2.05, 4.69) is 57.6 Å². The summed E-state index contributed by atoms with van der Waals surface area (Å²) in [5.41, 5.74) is 2.68. The zero-order valence-corrected chi connectivity index (χ0v) is 17.2. The molecule has 5 heteroatoms. The molecule has 1 aliphatic carbocycles. The topological polar surface area (TPSA) is 12.0 Å². The van der Waals surface area contributed by atoms with Crippen molar-refractivity contribution in [1.29, 1.82) is 0 Å². The smallest absolute Gasteiger partial charge is 0.0135 e. The van der Waals surface area contributed by atoms with Gasteiger partial charge < -0.3 is 0 Å². The predicted octanol–water partition coefficient (Wildman–Crippen LogP) is 4.63. The molecule has 0 aromatic rings. The van der Waals surface area contributed by atoms with Gasteiger partial charge in [0.25, 0.3) is 0 Å². The minimum Gasteiger partial charge on any atom is -0.0750 e. The average molecular weight is 344 g/mol. The first-order valence-corrected chi connectivity index (χ1v) is 15.3. The van der Waals surface area contributed by atoms with Crippen LogP contribution in [0.4, 0.5) is 0 Å². The van der Waals surface area contributed by atoms with Gasteiger partial charge in [0, 0.05) is 9.52 Å². The summed E-state index contributed by atoms with van der Waals surface area (Å²) in [4.78, 5) is 0. The van der Waals surface area contributed by atoms with E-state index in [0.29, 0.717) is 9.52 Å². The van der Waals surface area contributed by atoms with Crippen LogP contribution >= 0.6 is 18.6 Å². The van der Waals surface area contributed by atoms with Gasteiger partial charge in [-0.1, -0.05) is 13.1 Å². The van der Waals surface area contributed by atoms with E-state index in [1.54, 1.807) is 0 Å². The molecule has 0 radical (unpaired) electrons. The molecule has 18 heavy (non-hydrogen) atoms. The number of nitrogens with one attached hydrogen (secondary N) is 1. The van der Waals surface area contributed by atoms with Gasteiger partial charge in [-0.15, -0.1) is 0 Å². The van der Waals surface area contributed by atoms with Crippen LogP contribution in [0.3, 0.4) is 0 Å². The third-order valence-corrected chi connectivity index (χ3v) is 8.66. The summed E-state index contributed by atoms with van der Waals surface area (Å²) in [6, 6.07) is 0. The summed E-state index contributed by atoms with van der Waals surface area (Å²) in [6.45, 7) is 15.1. The minimum absolute atomic E-state index is 0.0191. The predicted molar refractivity (Wildman–Crippen MR) is 85.9 cm³/mol. The first kappa shape index (κ1) is 19.0. The molecule has 106 valence electrons. The van der Waals surface area contributed by atoms with Crippen LogP contribution in [0.25, 0.3) is 0 Å². The standard InChI is InChI=1S/C7H9.C4H10N.C2H8Si.2ClH.Ti/c1-6-4-3-5-7(6)2;1-4(2,3)5;1-3-2;;;/h4H,5H2,1-2H3;5H,1-3H3;3H2,1-2H3;2*1H;/q;-1;;;;+3/p-2. The second-order valence-electron chi connectivity index (χ2n) is 5.97. The second-order valence-corrected chi connectivity index (χ2v) is 16.0. The zero-order valence-electron chi connectivity index (χ0n) is 12.7. The van der Waals surface area contributed by atoms with Crippen molar-refractivity contribution in [2.24, 2.45) is 0 Å². The van der Waals surface area contributed by atoms with Gasteiger partial charge in [0.2, 0.25) is 0 Å². The number of halogens is 2. The average Bonchev–Trinajstić information content (AvgIpc) is 2.45. The Morgan fingerprint density at radius 1 is 1.22 bits per heavy atom. The van der Waals surface area contributed by atoms with E-state index in [-0.39, 0.29) is 5.54 Å². The molecule has 1 rings (SSSR count). The molecule has 0 bridgehead atoms. The van der Waals surface area contributed by atoms with Crippen LogP contribution in [0, 0.1) is 0 Å². The van der Waals surface area contributed by atoms with Crippen molar-refractivity contribution < 1.29 is 14.7 Å². The number of rotatable bonds is 2. The summed E-state index contributed by atoms with van der Waals surface area (Å²) in [7, 11) is 13.4. The SMILES string of the molecule is CC1=C(C)C[C]([Ti]([Cl])([Cl])[NH]C(C)(C)C)=C1.C[SiH2]C. The minimum atomic E-state index is -3.01. The summed E-state index contributed by atoms with van der Waals surface area (Å²) >= 11 is -3.01. The molecule has 0 spiro atoms. The Hall–Kier alpha value is 0.951. The molecule has 1 aliphatic rings. The largest absolute Gasteiger partial charge is 0.0750 e. The Bertz CT molecular complexity index is 343. The van der Waals surface area contributed by atoms with Gasteiger partial charge >= 0.3 is 105 Å². The van der Waals surface area contributed by atoms with E-state index in [1.165, 1.54) is 15.0 Å². The van der Waals surface area contributed by atoms with Crippen molar-refractivity contribution in [1.82, 2.24) is 3.80 Å². The van der Waals surface area contributed by atoms with Crippen LogP contribution in [-0.4, -0.2) is 15.1 Å². The Balaban J connectivity index is 0.000000873. The first-order valence-electron chi connectivity index (χ1n) is 6.58. The summed E-state index contributed by atoms with van der Waals surface area (Å²) in [6.07, 6.45) is 3.11. The van der Waals surface area contributed by atoms with Crippen LogP contribution in [-0.2, 0) is 14.7 Å².